The summed E-state index contributed by atoms with van der Waals surface area (Å²) in [4.78, 5) is 5.11. The second-order valence-electron chi connectivity index (χ2n) is 3.41. The highest BCUT2D eigenvalue weighted by molar-refractivity contribution is 7.99. The van der Waals surface area contributed by atoms with E-state index in [2.05, 4.69) is 4.98 Å². The minimum Gasteiger partial charge on any atom is -0.397 e. The van der Waals surface area contributed by atoms with Gasteiger partial charge in [-0.15, -0.1) is 0 Å². The number of anilines is 1. The number of hydrogen-bond donors (Lipinski definition) is 1. The van der Waals surface area contributed by atoms with Gasteiger partial charge < -0.3 is 5.73 Å². The van der Waals surface area contributed by atoms with E-state index in [4.69, 9.17) is 5.73 Å². The first-order chi connectivity index (χ1) is 7.65. The van der Waals surface area contributed by atoms with Crippen molar-refractivity contribution in [2.75, 3.05) is 5.73 Å². The lowest BCUT2D eigenvalue weighted by Crippen LogP contribution is -1.93. The van der Waals surface area contributed by atoms with Crippen molar-refractivity contribution in [2.24, 2.45) is 0 Å². The van der Waals surface area contributed by atoms with Crippen LogP contribution in [0.2, 0.25) is 0 Å². The number of aryl methyl sites for hydroxylation is 1. The Morgan fingerprint density at radius 2 is 2.06 bits per heavy atom. The van der Waals surface area contributed by atoms with Crippen LogP contribution in [0.5, 0.6) is 0 Å². The molecule has 0 amide bonds. The minimum absolute atomic E-state index is 0.253. The van der Waals surface area contributed by atoms with Crippen LogP contribution < -0.4 is 5.73 Å². The number of nitrogen functional groups attached to an aromatic ring is 1. The normalized spacial score (nSPS) is 10.4. The molecule has 0 saturated heterocycles. The van der Waals surface area contributed by atoms with E-state index in [0.717, 1.165) is 10.6 Å². The van der Waals surface area contributed by atoms with E-state index in [-0.39, 0.29) is 5.82 Å². The van der Waals surface area contributed by atoms with E-state index in [1.54, 1.807) is 6.07 Å². The molecule has 1 aromatic heterocycles. The molecule has 1 heterocycles. The summed E-state index contributed by atoms with van der Waals surface area (Å²) in [5, 5.41) is 0.714. The van der Waals surface area contributed by atoms with E-state index < -0.39 is 0 Å². The first kappa shape index (κ1) is 11.0. The van der Waals surface area contributed by atoms with Crippen molar-refractivity contribution in [3.8, 4) is 0 Å². The number of nitrogens with two attached hydrogens (primary N) is 1. The van der Waals surface area contributed by atoms with Crippen molar-refractivity contribution in [2.45, 2.75) is 16.8 Å². The highest BCUT2D eigenvalue weighted by atomic mass is 32.2. The number of nitrogens with zero attached hydrogens (tertiary/aromatic N) is 1. The van der Waals surface area contributed by atoms with Crippen LogP contribution in [0.4, 0.5) is 10.1 Å². The molecular formula is C12H11FN2S. The van der Waals surface area contributed by atoms with Crippen LogP contribution in [0.15, 0.2) is 46.3 Å². The third-order valence-electron chi connectivity index (χ3n) is 2.04. The van der Waals surface area contributed by atoms with Gasteiger partial charge in [0.25, 0.3) is 0 Å². The van der Waals surface area contributed by atoms with E-state index >= 15 is 0 Å². The molecular weight excluding hydrogens is 223 g/mol. The van der Waals surface area contributed by atoms with E-state index in [0.29, 0.717) is 10.7 Å². The van der Waals surface area contributed by atoms with Crippen LogP contribution in [0.3, 0.4) is 0 Å². The Labute approximate surface area is 97.7 Å². The Hall–Kier alpha value is -1.55. The number of aromatic nitrogens is 1. The molecule has 0 fully saturated rings. The van der Waals surface area contributed by atoms with Crippen LogP contribution in [0.25, 0.3) is 0 Å². The third-order valence-corrected chi connectivity index (χ3v) is 3.05. The Morgan fingerprint density at radius 1 is 1.25 bits per heavy atom. The summed E-state index contributed by atoms with van der Waals surface area (Å²) in [6, 6.07) is 10.0. The highest BCUT2D eigenvalue weighted by Gasteiger charge is 2.04. The number of halogens is 1. The third kappa shape index (κ3) is 2.52. The Balaban J connectivity index is 2.30. The van der Waals surface area contributed by atoms with Crippen LogP contribution >= 0.6 is 11.8 Å². The van der Waals surface area contributed by atoms with Gasteiger partial charge in [-0.05, 0) is 37.3 Å². The zero-order valence-electron chi connectivity index (χ0n) is 8.77. The molecule has 0 bridgehead atoms. The molecule has 0 aliphatic heterocycles. The van der Waals surface area contributed by atoms with Gasteiger partial charge in [0.15, 0.2) is 0 Å². The molecule has 2 nitrogen and oxygen atoms in total. The molecule has 4 heteroatoms. The van der Waals surface area contributed by atoms with Gasteiger partial charge in [-0.3, -0.25) is 0 Å². The Morgan fingerprint density at radius 3 is 2.81 bits per heavy atom. The summed E-state index contributed by atoms with van der Waals surface area (Å²) in [6.07, 6.45) is 0. The lowest BCUT2D eigenvalue weighted by atomic mass is 10.3. The molecule has 2 aromatic rings. The number of rotatable bonds is 2. The average Bonchev–Trinajstić information content (AvgIpc) is 2.24. The summed E-state index contributed by atoms with van der Waals surface area (Å²) < 4.78 is 13.0. The van der Waals surface area contributed by atoms with E-state index in [1.165, 1.54) is 23.9 Å². The van der Waals surface area contributed by atoms with Gasteiger partial charge in [0.1, 0.15) is 10.8 Å². The predicted molar refractivity (Wildman–Crippen MR) is 63.9 cm³/mol. The van der Waals surface area contributed by atoms with Gasteiger partial charge in [-0.25, -0.2) is 9.37 Å². The van der Waals surface area contributed by atoms with Gasteiger partial charge in [-0.1, -0.05) is 17.8 Å². The second-order valence-corrected chi connectivity index (χ2v) is 4.47. The van der Waals surface area contributed by atoms with Crippen LogP contribution in [0.1, 0.15) is 5.69 Å². The standard InChI is InChI=1S/C12H11FN2S/c1-8-5-6-11(14)12(15-8)16-10-4-2-3-9(13)7-10/h2-7H,14H2,1H3. The quantitative estimate of drug-likeness (QED) is 0.866. The monoisotopic (exact) mass is 234 g/mol. The van der Waals surface area contributed by atoms with Gasteiger partial charge in [0.2, 0.25) is 0 Å². The fourth-order valence-corrected chi connectivity index (χ4v) is 2.18. The average molecular weight is 234 g/mol. The summed E-state index contributed by atoms with van der Waals surface area (Å²) in [5.74, 6) is -0.253. The van der Waals surface area contributed by atoms with Crippen molar-refractivity contribution in [3.05, 3.63) is 47.9 Å². The van der Waals surface area contributed by atoms with Gasteiger partial charge in [0.05, 0.1) is 5.69 Å². The molecule has 0 atom stereocenters. The Bertz CT molecular complexity index is 514. The second kappa shape index (κ2) is 4.53. The summed E-state index contributed by atoms with van der Waals surface area (Å²) >= 11 is 1.37. The van der Waals surface area contributed by atoms with Gasteiger partial charge in [-0.2, -0.15) is 0 Å². The number of benzene rings is 1. The largest absolute Gasteiger partial charge is 0.397 e. The SMILES string of the molecule is Cc1ccc(N)c(Sc2cccc(F)c2)n1. The van der Waals surface area contributed by atoms with E-state index in [9.17, 15) is 4.39 Å². The predicted octanol–water partition coefficient (Wildman–Crippen LogP) is 3.26. The molecule has 82 valence electrons. The molecule has 2 N–H and O–H groups in total. The maximum Gasteiger partial charge on any atom is 0.124 e. The van der Waals surface area contributed by atoms with E-state index in [1.807, 2.05) is 25.1 Å². The van der Waals surface area contributed by atoms with Crippen LogP contribution in [-0.4, -0.2) is 4.98 Å². The van der Waals surface area contributed by atoms with Crippen LogP contribution in [-0.2, 0) is 0 Å². The molecule has 1 aromatic carbocycles. The van der Waals surface area contributed by atoms with Crippen molar-refractivity contribution < 1.29 is 4.39 Å². The molecule has 2 rings (SSSR count). The smallest absolute Gasteiger partial charge is 0.124 e. The number of hydrogen-bond acceptors (Lipinski definition) is 3. The van der Waals surface area contributed by atoms with Gasteiger partial charge >= 0.3 is 0 Å². The first-order valence-corrected chi connectivity index (χ1v) is 5.63. The fourth-order valence-electron chi connectivity index (χ4n) is 1.27. The zero-order valence-corrected chi connectivity index (χ0v) is 9.59. The molecule has 0 radical (unpaired) electrons. The van der Waals surface area contributed by atoms with Crippen molar-refractivity contribution in [3.63, 3.8) is 0 Å². The summed E-state index contributed by atoms with van der Waals surface area (Å²) in [5.41, 5.74) is 7.31. The zero-order chi connectivity index (χ0) is 11.5. The topological polar surface area (TPSA) is 38.9 Å². The van der Waals surface area contributed by atoms with Crippen LogP contribution in [0, 0.1) is 12.7 Å². The highest BCUT2D eigenvalue weighted by Crippen LogP contribution is 2.30. The first-order valence-electron chi connectivity index (χ1n) is 4.82. The van der Waals surface area contributed by atoms with Crippen molar-refractivity contribution in [1.29, 1.82) is 0 Å². The molecule has 16 heavy (non-hydrogen) atoms. The van der Waals surface area contributed by atoms with Gasteiger partial charge in [0, 0.05) is 10.6 Å². The number of pyridine rings is 1. The van der Waals surface area contributed by atoms with Crippen molar-refractivity contribution >= 4 is 17.4 Å². The maximum absolute atomic E-state index is 13.0. The molecule has 0 spiro atoms. The van der Waals surface area contributed by atoms with Crippen molar-refractivity contribution in [1.82, 2.24) is 4.98 Å². The lowest BCUT2D eigenvalue weighted by Gasteiger charge is -2.05. The minimum atomic E-state index is -0.253. The lowest BCUT2D eigenvalue weighted by molar-refractivity contribution is 0.624. The summed E-state index contributed by atoms with van der Waals surface area (Å²) in [6.45, 7) is 1.90. The summed E-state index contributed by atoms with van der Waals surface area (Å²) in [7, 11) is 0. The molecule has 0 aliphatic rings. The molecule has 0 aliphatic carbocycles. The molecule has 0 saturated carbocycles. The Kier molecular flexibility index (Phi) is 3.10. The maximum atomic E-state index is 13.0. The molecule has 0 unspecified atom stereocenters. The fraction of sp³-hybridized carbons (Fsp3) is 0.0833.